The Morgan fingerprint density at radius 2 is 1.85 bits per heavy atom. The van der Waals surface area contributed by atoms with E-state index in [1.807, 2.05) is 6.08 Å². The molecule has 4 heteroatoms. The molecule has 0 amide bonds. The fourth-order valence-corrected chi connectivity index (χ4v) is 11.4. The third-order valence-corrected chi connectivity index (χ3v) is 8.90. The van der Waals surface area contributed by atoms with Gasteiger partial charge in [-0.15, -0.1) is 6.58 Å². The number of hydrogen-bond acceptors (Lipinski definition) is 2. The third-order valence-electron chi connectivity index (χ3n) is 2.21. The molecule has 0 N–H and O–H groups in total. The zero-order chi connectivity index (χ0) is 10.3. The highest BCUT2D eigenvalue weighted by Gasteiger charge is 2.48. The van der Waals surface area contributed by atoms with Crippen LogP contribution in [-0.2, 0) is 8.54 Å². The van der Waals surface area contributed by atoms with Crippen LogP contribution in [0.25, 0.3) is 0 Å². The topological polar surface area (TPSA) is 18.5 Å². The first-order valence-corrected chi connectivity index (χ1v) is 10.7. The second kappa shape index (κ2) is 3.05. The quantitative estimate of drug-likeness (QED) is 0.496. The average molecular weight is 216 g/mol. The summed E-state index contributed by atoms with van der Waals surface area (Å²) in [6, 6.07) is 1.01. The van der Waals surface area contributed by atoms with Crippen molar-refractivity contribution in [3.8, 4) is 0 Å². The first-order valence-electron chi connectivity index (χ1n) is 4.72. The zero-order valence-electron chi connectivity index (χ0n) is 9.31. The molecule has 0 aromatic heterocycles. The van der Waals surface area contributed by atoms with Gasteiger partial charge >= 0.3 is 8.56 Å². The van der Waals surface area contributed by atoms with E-state index in [0.29, 0.717) is 0 Å². The molecule has 0 aliphatic carbocycles. The van der Waals surface area contributed by atoms with Gasteiger partial charge in [-0.3, -0.25) is 0 Å². The fraction of sp³-hybridized carbons (Fsp3) is 0.778. The van der Waals surface area contributed by atoms with Gasteiger partial charge in [0.25, 0.3) is 0 Å². The van der Waals surface area contributed by atoms with Gasteiger partial charge in [0.2, 0.25) is 0 Å². The first-order chi connectivity index (χ1) is 5.68. The molecule has 1 heterocycles. The summed E-state index contributed by atoms with van der Waals surface area (Å²) in [4.78, 5) is 0. The zero-order valence-corrected chi connectivity index (χ0v) is 11.3. The summed E-state index contributed by atoms with van der Waals surface area (Å²) in [7, 11) is -3.41. The summed E-state index contributed by atoms with van der Waals surface area (Å²) in [5.74, 6) is 0. The molecule has 0 aromatic rings. The molecule has 1 saturated heterocycles. The molecule has 1 atom stereocenters. The predicted molar refractivity (Wildman–Crippen MR) is 60.5 cm³/mol. The Morgan fingerprint density at radius 1 is 1.31 bits per heavy atom. The van der Waals surface area contributed by atoms with Crippen molar-refractivity contribution < 1.29 is 8.54 Å². The molecule has 1 fully saturated rings. The highest BCUT2D eigenvalue weighted by molar-refractivity contribution is 6.83. The SMILES string of the molecule is C=CC1(C)C[Si](C)(C)O[Si](C)(C)O1. The van der Waals surface area contributed by atoms with E-state index in [9.17, 15) is 0 Å². The molecule has 0 spiro atoms. The van der Waals surface area contributed by atoms with E-state index in [-0.39, 0.29) is 5.60 Å². The Bertz CT molecular complexity index is 208. The van der Waals surface area contributed by atoms with Gasteiger partial charge in [0.05, 0.1) is 5.60 Å². The third kappa shape index (κ3) is 2.77. The van der Waals surface area contributed by atoms with E-state index < -0.39 is 16.9 Å². The monoisotopic (exact) mass is 216 g/mol. The second-order valence-corrected chi connectivity index (χ2v) is 12.8. The summed E-state index contributed by atoms with van der Waals surface area (Å²) in [5.41, 5.74) is -0.149. The van der Waals surface area contributed by atoms with Gasteiger partial charge < -0.3 is 8.54 Å². The van der Waals surface area contributed by atoms with E-state index in [2.05, 4.69) is 39.7 Å². The lowest BCUT2D eigenvalue weighted by Gasteiger charge is -2.47. The molecule has 0 aromatic carbocycles. The van der Waals surface area contributed by atoms with Crippen LogP contribution >= 0.6 is 0 Å². The van der Waals surface area contributed by atoms with Crippen LogP contribution in [0.3, 0.4) is 0 Å². The van der Waals surface area contributed by atoms with Crippen LogP contribution in [0.1, 0.15) is 6.92 Å². The second-order valence-electron chi connectivity index (χ2n) is 5.06. The van der Waals surface area contributed by atoms with Crippen LogP contribution in [0.15, 0.2) is 12.7 Å². The van der Waals surface area contributed by atoms with Crippen molar-refractivity contribution in [1.29, 1.82) is 0 Å². The normalized spacial score (nSPS) is 37.0. The van der Waals surface area contributed by atoms with Crippen molar-refractivity contribution in [2.45, 2.75) is 44.8 Å². The van der Waals surface area contributed by atoms with Crippen molar-refractivity contribution in [3.63, 3.8) is 0 Å². The Morgan fingerprint density at radius 3 is 2.23 bits per heavy atom. The van der Waals surface area contributed by atoms with Crippen LogP contribution in [0.2, 0.25) is 32.2 Å². The van der Waals surface area contributed by atoms with Crippen molar-refractivity contribution in [2.24, 2.45) is 0 Å². The van der Waals surface area contributed by atoms with Crippen LogP contribution in [0.4, 0.5) is 0 Å². The van der Waals surface area contributed by atoms with Crippen molar-refractivity contribution in [2.75, 3.05) is 0 Å². The largest absolute Gasteiger partial charge is 0.436 e. The van der Waals surface area contributed by atoms with Gasteiger partial charge in [-0.25, -0.2) is 0 Å². The molecule has 2 nitrogen and oxygen atoms in total. The summed E-state index contributed by atoms with van der Waals surface area (Å²) >= 11 is 0. The minimum absolute atomic E-state index is 0.149. The molecule has 0 radical (unpaired) electrons. The minimum Gasteiger partial charge on any atom is -0.436 e. The molecule has 1 aliphatic rings. The minimum atomic E-state index is -1.89. The lowest BCUT2D eigenvalue weighted by Crippen LogP contribution is -2.59. The van der Waals surface area contributed by atoms with Crippen molar-refractivity contribution in [1.82, 2.24) is 0 Å². The van der Waals surface area contributed by atoms with E-state index in [1.165, 1.54) is 0 Å². The predicted octanol–water partition coefficient (Wildman–Crippen LogP) is 2.88. The molecule has 0 bridgehead atoms. The molecule has 1 aliphatic heterocycles. The molecule has 1 rings (SSSR count). The lowest BCUT2D eigenvalue weighted by atomic mass is 10.1. The van der Waals surface area contributed by atoms with Crippen LogP contribution in [0, 0.1) is 0 Å². The van der Waals surface area contributed by atoms with Gasteiger partial charge in [0, 0.05) is 0 Å². The first kappa shape index (κ1) is 11.2. The maximum atomic E-state index is 6.07. The number of hydrogen-bond donors (Lipinski definition) is 0. The smallest absolute Gasteiger partial charge is 0.322 e. The maximum absolute atomic E-state index is 6.07. The Balaban J connectivity index is 2.90. The summed E-state index contributed by atoms with van der Waals surface area (Å²) < 4.78 is 12.0. The summed E-state index contributed by atoms with van der Waals surface area (Å²) in [5, 5.41) is 0. The summed E-state index contributed by atoms with van der Waals surface area (Å²) in [6.45, 7) is 14.7. The van der Waals surface area contributed by atoms with Crippen LogP contribution in [-0.4, -0.2) is 22.5 Å². The Labute approximate surface area is 83.3 Å². The molecule has 76 valence electrons. The lowest BCUT2D eigenvalue weighted by molar-refractivity contribution is 0.0945. The van der Waals surface area contributed by atoms with E-state index in [1.54, 1.807) is 0 Å². The molecular weight excluding hydrogens is 196 g/mol. The standard InChI is InChI=1S/C9H20O2Si2/c1-7-9(2)8-12(3,4)11-13(5,6)10-9/h7H,1,8H2,2-6H3. The Hall–Kier alpha value is 0.0938. The van der Waals surface area contributed by atoms with Gasteiger partial charge in [-0.1, -0.05) is 6.08 Å². The number of rotatable bonds is 1. The van der Waals surface area contributed by atoms with Crippen molar-refractivity contribution in [3.05, 3.63) is 12.7 Å². The van der Waals surface area contributed by atoms with E-state index >= 15 is 0 Å². The average Bonchev–Trinajstić information content (AvgIpc) is 1.79. The van der Waals surface area contributed by atoms with Gasteiger partial charge in [-0.05, 0) is 39.2 Å². The van der Waals surface area contributed by atoms with Gasteiger partial charge in [0.1, 0.15) is 0 Å². The van der Waals surface area contributed by atoms with E-state index in [0.717, 1.165) is 6.04 Å². The molecule has 13 heavy (non-hydrogen) atoms. The molecule has 1 unspecified atom stereocenters. The fourth-order valence-electron chi connectivity index (χ4n) is 2.28. The molecular formula is C9H20O2Si2. The van der Waals surface area contributed by atoms with Crippen molar-refractivity contribution >= 4 is 16.9 Å². The molecule has 0 saturated carbocycles. The Kier molecular flexibility index (Phi) is 2.62. The van der Waals surface area contributed by atoms with Crippen LogP contribution in [0.5, 0.6) is 0 Å². The highest BCUT2D eigenvalue weighted by atomic mass is 28.4. The van der Waals surface area contributed by atoms with Gasteiger partial charge in [0.15, 0.2) is 8.32 Å². The summed E-state index contributed by atoms with van der Waals surface area (Å²) in [6.07, 6.45) is 1.93. The van der Waals surface area contributed by atoms with Gasteiger partial charge in [-0.2, -0.15) is 0 Å². The maximum Gasteiger partial charge on any atom is 0.322 e. The van der Waals surface area contributed by atoms with E-state index in [4.69, 9.17) is 8.54 Å². The highest BCUT2D eigenvalue weighted by Crippen LogP contribution is 2.36. The van der Waals surface area contributed by atoms with Crippen LogP contribution < -0.4 is 0 Å².